The van der Waals surface area contributed by atoms with Gasteiger partial charge in [-0.3, -0.25) is 4.68 Å². The van der Waals surface area contributed by atoms with Crippen LogP contribution in [0.15, 0.2) is 18.5 Å². The van der Waals surface area contributed by atoms with Crippen LogP contribution in [0.1, 0.15) is 22.3 Å². The van der Waals surface area contributed by atoms with Gasteiger partial charge in [0.25, 0.3) is 0 Å². The first-order valence-electron chi connectivity index (χ1n) is 6.06. The Morgan fingerprint density at radius 2 is 2.42 bits per heavy atom. The van der Waals surface area contributed by atoms with Gasteiger partial charge in [-0.05, 0) is 19.9 Å². The predicted octanol–water partition coefficient (Wildman–Crippen LogP) is 1.94. The van der Waals surface area contributed by atoms with Crippen LogP contribution in [0.5, 0.6) is 0 Å². The van der Waals surface area contributed by atoms with Crippen LogP contribution < -0.4 is 5.32 Å². The Kier molecular flexibility index (Phi) is 4.51. The fourth-order valence-corrected chi connectivity index (χ4v) is 2.40. The van der Waals surface area contributed by atoms with E-state index in [0.717, 1.165) is 16.6 Å². The van der Waals surface area contributed by atoms with Gasteiger partial charge in [0.15, 0.2) is 10.8 Å². The van der Waals surface area contributed by atoms with E-state index >= 15 is 0 Å². The number of esters is 1. The number of nitrogens with one attached hydrogen (secondary N) is 1. The Labute approximate surface area is 115 Å². The zero-order valence-corrected chi connectivity index (χ0v) is 11.7. The summed E-state index contributed by atoms with van der Waals surface area (Å²) in [7, 11) is 0. The number of hydrogen-bond acceptors (Lipinski definition) is 6. The number of nitrogens with zero attached hydrogens (tertiary/aromatic N) is 3. The summed E-state index contributed by atoms with van der Waals surface area (Å²) in [5.74, 6) is -0.364. The van der Waals surface area contributed by atoms with Gasteiger partial charge in [-0.25, -0.2) is 9.78 Å². The Hall–Kier alpha value is -1.89. The molecule has 0 amide bonds. The fourth-order valence-electron chi connectivity index (χ4n) is 1.57. The van der Waals surface area contributed by atoms with Gasteiger partial charge in [0.1, 0.15) is 0 Å². The normalized spacial score (nSPS) is 10.4. The van der Waals surface area contributed by atoms with Crippen molar-refractivity contribution in [2.24, 2.45) is 0 Å². The van der Waals surface area contributed by atoms with Crippen LogP contribution in [-0.4, -0.2) is 33.9 Å². The number of thiazole rings is 1. The highest BCUT2D eigenvalue weighted by Crippen LogP contribution is 2.22. The summed E-state index contributed by atoms with van der Waals surface area (Å²) in [6.45, 7) is 5.46. The number of aromatic nitrogens is 3. The van der Waals surface area contributed by atoms with E-state index in [1.54, 1.807) is 13.1 Å². The van der Waals surface area contributed by atoms with Crippen molar-refractivity contribution in [3.63, 3.8) is 0 Å². The maximum atomic E-state index is 11.6. The van der Waals surface area contributed by atoms with Gasteiger partial charge in [0.2, 0.25) is 0 Å². The lowest BCUT2D eigenvalue weighted by Crippen LogP contribution is -2.11. The Morgan fingerprint density at radius 1 is 1.58 bits per heavy atom. The van der Waals surface area contributed by atoms with Gasteiger partial charge in [0, 0.05) is 23.8 Å². The topological polar surface area (TPSA) is 69.0 Å². The largest absolute Gasteiger partial charge is 0.461 e. The van der Waals surface area contributed by atoms with Gasteiger partial charge in [0.05, 0.1) is 13.2 Å². The molecule has 2 rings (SSSR count). The maximum Gasteiger partial charge on any atom is 0.358 e. The molecular formula is C12H16N4O2S. The SMILES string of the molecule is CCOC(=O)c1nc(NCCn2cccn2)sc1C. The number of hydrogen-bond donors (Lipinski definition) is 1. The van der Waals surface area contributed by atoms with Crippen LogP contribution >= 0.6 is 11.3 Å². The molecule has 2 aromatic heterocycles. The Morgan fingerprint density at radius 3 is 3.11 bits per heavy atom. The highest BCUT2D eigenvalue weighted by atomic mass is 32.1. The standard InChI is InChI=1S/C12H16N4O2S/c1-3-18-11(17)10-9(2)19-12(15-10)13-6-8-16-7-4-5-14-16/h4-5,7H,3,6,8H2,1-2H3,(H,13,15). The van der Waals surface area contributed by atoms with E-state index in [4.69, 9.17) is 4.74 Å². The molecular weight excluding hydrogens is 264 g/mol. The van der Waals surface area contributed by atoms with Crippen molar-refractivity contribution in [2.75, 3.05) is 18.5 Å². The van der Waals surface area contributed by atoms with Crippen molar-refractivity contribution in [1.82, 2.24) is 14.8 Å². The Balaban J connectivity index is 1.90. The van der Waals surface area contributed by atoms with Crippen molar-refractivity contribution in [3.05, 3.63) is 29.0 Å². The van der Waals surface area contributed by atoms with Crippen LogP contribution in [0.3, 0.4) is 0 Å². The quantitative estimate of drug-likeness (QED) is 0.819. The molecule has 0 radical (unpaired) electrons. The van der Waals surface area contributed by atoms with Crippen molar-refractivity contribution in [3.8, 4) is 0 Å². The molecule has 102 valence electrons. The highest BCUT2D eigenvalue weighted by Gasteiger charge is 2.16. The molecule has 6 nitrogen and oxygen atoms in total. The monoisotopic (exact) mass is 280 g/mol. The molecule has 0 aliphatic heterocycles. The third kappa shape index (κ3) is 3.54. The van der Waals surface area contributed by atoms with Gasteiger partial charge in [-0.15, -0.1) is 11.3 Å². The molecule has 0 spiro atoms. The summed E-state index contributed by atoms with van der Waals surface area (Å²) >= 11 is 1.45. The third-order valence-corrected chi connectivity index (χ3v) is 3.37. The van der Waals surface area contributed by atoms with E-state index in [1.165, 1.54) is 11.3 Å². The molecule has 0 saturated carbocycles. The van der Waals surface area contributed by atoms with Crippen LogP contribution in [0, 0.1) is 6.92 Å². The molecule has 0 aliphatic rings. The van der Waals surface area contributed by atoms with E-state index in [0.29, 0.717) is 18.8 Å². The van der Waals surface area contributed by atoms with E-state index < -0.39 is 0 Å². The molecule has 2 heterocycles. The maximum absolute atomic E-state index is 11.6. The summed E-state index contributed by atoms with van der Waals surface area (Å²) in [4.78, 5) is 16.7. The average Bonchev–Trinajstić information content (AvgIpc) is 2.99. The number of aryl methyl sites for hydroxylation is 1. The molecule has 7 heteroatoms. The summed E-state index contributed by atoms with van der Waals surface area (Å²) in [5, 5.41) is 8.02. The minimum atomic E-state index is -0.364. The Bertz CT molecular complexity index is 536. The van der Waals surface area contributed by atoms with E-state index in [-0.39, 0.29) is 5.97 Å². The number of carbonyl (C=O) groups is 1. The van der Waals surface area contributed by atoms with Crippen LogP contribution in [-0.2, 0) is 11.3 Å². The zero-order chi connectivity index (χ0) is 13.7. The van der Waals surface area contributed by atoms with E-state index in [2.05, 4.69) is 15.4 Å². The molecule has 0 saturated heterocycles. The van der Waals surface area contributed by atoms with Crippen molar-refractivity contribution >= 4 is 22.4 Å². The van der Waals surface area contributed by atoms with Gasteiger partial charge in [-0.2, -0.15) is 5.10 Å². The van der Waals surface area contributed by atoms with Crippen LogP contribution in [0.4, 0.5) is 5.13 Å². The van der Waals surface area contributed by atoms with Gasteiger partial charge in [-0.1, -0.05) is 0 Å². The van der Waals surface area contributed by atoms with Crippen molar-refractivity contribution < 1.29 is 9.53 Å². The molecule has 2 aromatic rings. The molecule has 19 heavy (non-hydrogen) atoms. The van der Waals surface area contributed by atoms with Gasteiger partial charge < -0.3 is 10.1 Å². The molecule has 0 unspecified atom stereocenters. The summed E-state index contributed by atoms with van der Waals surface area (Å²) < 4.78 is 6.78. The minimum Gasteiger partial charge on any atom is -0.461 e. The fraction of sp³-hybridized carbons (Fsp3) is 0.417. The predicted molar refractivity (Wildman–Crippen MR) is 73.5 cm³/mol. The second kappa shape index (κ2) is 6.33. The zero-order valence-electron chi connectivity index (χ0n) is 10.9. The third-order valence-electron chi connectivity index (χ3n) is 2.44. The molecule has 0 fully saturated rings. The van der Waals surface area contributed by atoms with Crippen molar-refractivity contribution in [1.29, 1.82) is 0 Å². The average molecular weight is 280 g/mol. The van der Waals surface area contributed by atoms with E-state index in [1.807, 2.05) is 23.9 Å². The summed E-state index contributed by atoms with van der Waals surface area (Å²) in [6, 6.07) is 1.88. The molecule has 0 atom stereocenters. The van der Waals surface area contributed by atoms with Gasteiger partial charge >= 0.3 is 5.97 Å². The smallest absolute Gasteiger partial charge is 0.358 e. The number of rotatable bonds is 6. The molecule has 0 bridgehead atoms. The lowest BCUT2D eigenvalue weighted by atomic mass is 10.4. The molecule has 0 aliphatic carbocycles. The lowest BCUT2D eigenvalue weighted by Gasteiger charge is -2.02. The van der Waals surface area contributed by atoms with Crippen molar-refractivity contribution in [2.45, 2.75) is 20.4 Å². The second-order valence-electron chi connectivity index (χ2n) is 3.84. The number of anilines is 1. The first kappa shape index (κ1) is 13.5. The lowest BCUT2D eigenvalue weighted by molar-refractivity contribution is 0.0519. The van der Waals surface area contributed by atoms with E-state index in [9.17, 15) is 4.79 Å². The number of carbonyl (C=O) groups excluding carboxylic acids is 1. The van der Waals surface area contributed by atoms with Crippen LogP contribution in [0.2, 0.25) is 0 Å². The second-order valence-corrected chi connectivity index (χ2v) is 5.04. The minimum absolute atomic E-state index is 0.359. The molecule has 0 aromatic carbocycles. The summed E-state index contributed by atoms with van der Waals surface area (Å²) in [5.41, 5.74) is 0.397. The summed E-state index contributed by atoms with van der Waals surface area (Å²) in [6.07, 6.45) is 3.64. The van der Waals surface area contributed by atoms with Crippen LogP contribution in [0.25, 0.3) is 0 Å². The first-order valence-corrected chi connectivity index (χ1v) is 6.88. The first-order chi connectivity index (χ1) is 9.20. The highest BCUT2D eigenvalue weighted by molar-refractivity contribution is 7.15. The molecule has 1 N–H and O–H groups in total. The number of ether oxygens (including phenoxy) is 1.